The lowest BCUT2D eigenvalue weighted by Crippen LogP contribution is -2.31. The van der Waals surface area contributed by atoms with Gasteiger partial charge in [-0.1, -0.05) is 12.5 Å². The van der Waals surface area contributed by atoms with E-state index in [1.807, 2.05) is 18.2 Å². The van der Waals surface area contributed by atoms with Gasteiger partial charge in [-0.05, 0) is 43.2 Å². The van der Waals surface area contributed by atoms with E-state index in [0.717, 1.165) is 18.5 Å². The third-order valence-corrected chi connectivity index (χ3v) is 3.95. The maximum atomic E-state index is 11.8. The van der Waals surface area contributed by atoms with Crippen molar-refractivity contribution in [1.82, 2.24) is 10.3 Å². The first-order valence-electron chi connectivity index (χ1n) is 7.07. The molecule has 0 aromatic carbocycles. The Morgan fingerprint density at radius 3 is 2.95 bits per heavy atom. The molecule has 1 fully saturated rings. The molecule has 1 amide bonds. The van der Waals surface area contributed by atoms with Crippen molar-refractivity contribution in [2.24, 2.45) is 11.8 Å². The Balaban J connectivity index is 1.67. The SMILES string of the molecule is O=C(CCc1ccccn1)NCC1CCCC1CO. The molecule has 1 aromatic rings. The number of carbonyl (C=O) groups is 1. The summed E-state index contributed by atoms with van der Waals surface area (Å²) in [6.07, 6.45) is 6.28. The molecule has 2 N–H and O–H groups in total. The van der Waals surface area contributed by atoms with Crippen LogP contribution in [0, 0.1) is 11.8 Å². The van der Waals surface area contributed by atoms with E-state index in [4.69, 9.17) is 0 Å². The number of hydrogen-bond donors (Lipinski definition) is 2. The fraction of sp³-hybridized carbons (Fsp3) is 0.600. The third kappa shape index (κ3) is 4.31. The van der Waals surface area contributed by atoms with Crippen LogP contribution in [-0.2, 0) is 11.2 Å². The molecule has 4 heteroatoms. The first-order chi connectivity index (χ1) is 9.29. The predicted molar refractivity (Wildman–Crippen MR) is 73.5 cm³/mol. The average Bonchev–Trinajstić information content (AvgIpc) is 2.91. The van der Waals surface area contributed by atoms with Crippen LogP contribution in [0.1, 0.15) is 31.4 Å². The number of carbonyl (C=O) groups excluding carboxylic acids is 1. The van der Waals surface area contributed by atoms with Crippen LogP contribution >= 0.6 is 0 Å². The molecule has 0 spiro atoms. The van der Waals surface area contributed by atoms with Crippen molar-refractivity contribution in [3.63, 3.8) is 0 Å². The molecule has 1 aromatic heterocycles. The van der Waals surface area contributed by atoms with E-state index in [2.05, 4.69) is 10.3 Å². The number of aryl methyl sites for hydroxylation is 1. The highest BCUT2D eigenvalue weighted by Crippen LogP contribution is 2.30. The van der Waals surface area contributed by atoms with Gasteiger partial charge in [0, 0.05) is 31.5 Å². The largest absolute Gasteiger partial charge is 0.396 e. The maximum Gasteiger partial charge on any atom is 0.220 e. The van der Waals surface area contributed by atoms with Gasteiger partial charge in [0.05, 0.1) is 0 Å². The first kappa shape index (κ1) is 14.0. The Morgan fingerprint density at radius 2 is 2.21 bits per heavy atom. The zero-order valence-corrected chi connectivity index (χ0v) is 11.2. The lowest BCUT2D eigenvalue weighted by atomic mass is 9.97. The van der Waals surface area contributed by atoms with Gasteiger partial charge in [0.2, 0.25) is 5.91 Å². The van der Waals surface area contributed by atoms with Crippen molar-refractivity contribution >= 4 is 5.91 Å². The zero-order valence-electron chi connectivity index (χ0n) is 11.2. The quantitative estimate of drug-likeness (QED) is 0.817. The van der Waals surface area contributed by atoms with Gasteiger partial charge in [0.1, 0.15) is 0 Å². The minimum Gasteiger partial charge on any atom is -0.396 e. The van der Waals surface area contributed by atoms with Crippen molar-refractivity contribution < 1.29 is 9.90 Å². The van der Waals surface area contributed by atoms with E-state index in [1.54, 1.807) is 6.20 Å². The number of aliphatic hydroxyl groups is 1. The lowest BCUT2D eigenvalue weighted by molar-refractivity contribution is -0.121. The van der Waals surface area contributed by atoms with E-state index in [9.17, 15) is 9.90 Å². The fourth-order valence-corrected chi connectivity index (χ4v) is 2.74. The molecule has 4 nitrogen and oxygen atoms in total. The molecule has 1 aliphatic rings. The molecular formula is C15H22N2O2. The number of aliphatic hydroxyl groups excluding tert-OH is 1. The van der Waals surface area contributed by atoms with Crippen LogP contribution in [0.15, 0.2) is 24.4 Å². The summed E-state index contributed by atoms with van der Waals surface area (Å²) < 4.78 is 0. The van der Waals surface area contributed by atoms with E-state index in [-0.39, 0.29) is 12.5 Å². The van der Waals surface area contributed by atoms with Crippen LogP contribution in [0.5, 0.6) is 0 Å². The van der Waals surface area contributed by atoms with Crippen molar-refractivity contribution in [3.8, 4) is 0 Å². The molecular weight excluding hydrogens is 240 g/mol. The Hall–Kier alpha value is -1.42. The lowest BCUT2D eigenvalue weighted by Gasteiger charge is -2.17. The van der Waals surface area contributed by atoms with Gasteiger partial charge in [0.25, 0.3) is 0 Å². The molecule has 1 aliphatic carbocycles. The van der Waals surface area contributed by atoms with Crippen LogP contribution in [0.25, 0.3) is 0 Å². The van der Waals surface area contributed by atoms with Gasteiger partial charge in [-0.2, -0.15) is 0 Å². The topological polar surface area (TPSA) is 62.2 Å². The van der Waals surface area contributed by atoms with Crippen LogP contribution in [0.4, 0.5) is 0 Å². The van der Waals surface area contributed by atoms with Gasteiger partial charge < -0.3 is 10.4 Å². The monoisotopic (exact) mass is 262 g/mol. The minimum atomic E-state index is 0.0780. The highest BCUT2D eigenvalue weighted by molar-refractivity contribution is 5.76. The van der Waals surface area contributed by atoms with Crippen molar-refractivity contribution in [1.29, 1.82) is 0 Å². The molecule has 0 radical (unpaired) electrons. The average molecular weight is 262 g/mol. The second kappa shape index (κ2) is 7.24. The summed E-state index contributed by atoms with van der Waals surface area (Å²) >= 11 is 0. The Kier molecular flexibility index (Phi) is 5.33. The number of nitrogens with zero attached hydrogens (tertiary/aromatic N) is 1. The van der Waals surface area contributed by atoms with Crippen molar-refractivity contribution in [2.45, 2.75) is 32.1 Å². The Morgan fingerprint density at radius 1 is 1.37 bits per heavy atom. The molecule has 1 heterocycles. The Labute approximate surface area is 114 Å². The summed E-state index contributed by atoms with van der Waals surface area (Å²) in [6, 6.07) is 5.75. The summed E-state index contributed by atoms with van der Waals surface area (Å²) in [7, 11) is 0. The van der Waals surface area contributed by atoms with Crippen molar-refractivity contribution in [3.05, 3.63) is 30.1 Å². The predicted octanol–water partition coefficient (Wildman–Crippen LogP) is 1.54. The molecule has 2 atom stereocenters. The molecule has 104 valence electrons. The van der Waals surface area contributed by atoms with Crippen LogP contribution in [0.3, 0.4) is 0 Å². The molecule has 1 saturated carbocycles. The van der Waals surface area contributed by atoms with Crippen LogP contribution in [-0.4, -0.2) is 29.1 Å². The summed E-state index contributed by atoms with van der Waals surface area (Å²) in [4.78, 5) is 16.0. The number of amides is 1. The molecule has 19 heavy (non-hydrogen) atoms. The number of aromatic nitrogens is 1. The summed E-state index contributed by atoms with van der Waals surface area (Å²) in [5, 5.41) is 12.2. The number of hydrogen-bond acceptors (Lipinski definition) is 3. The van der Waals surface area contributed by atoms with E-state index < -0.39 is 0 Å². The van der Waals surface area contributed by atoms with E-state index in [1.165, 1.54) is 6.42 Å². The maximum absolute atomic E-state index is 11.8. The minimum absolute atomic E-state index is 0.0780. The molecule has 0 bridgehead atoms. The normalized spacial score (nSPS) is 22.4. The summed E-state index contributed by atoms with van der Waals surface area (Å²) in [5.41, 5.74) is 0.951. The van der Waals surface area contributed by atoms with Crippen LogP contribution < -0.4 is 5.32 Å². The zero-order chi connectivity index (χ0) is 13.5. The highest BCUT2D eigenvalue weighted by atomic mass is 16.3. The number of rotatable bonds is 6. The summed E-state index contributed by atoms with van der Waals surface area (Å²) in [5.74, 6) is 0.897. The van der Waals surface area contributed by atoms with Crippen LogP contribution in [0.2, 0.25) is 0 Å². The van der Waals surface area contributed by atoms with Gasteiger partial charge in [0.15, 0.2) is 0 Å². The third-order valence-electron chi connectivity index (χ3n) is 3.95. The van der Waals surface area contributed by atoms with Gasteiger partial charge in [-0.25, -0.2) is 0 Å². The molecule has 0 aliphatic heterocycles. The molecule has 2 unspecified atom stereocenters. The second-order valence-corrected chi connectivity index (χ2v) is 5.26. The fourth-order valence-electron chi connectivity index (χ4n) is 2.74. The number of pyridine rings is 1. The standard InChI is InChI=1S/C15H22N2O2/c18-11-13-5-3-4-12(13)10-17-15(19)8-7-14-6-1-2-9-16-14/h1-2,6,9,12-13,18H,3-5,7-8,10-11H2,(H,17,19). The number of nitrogens with one attached hydrogen (secondary N) is 1. The smallest absolute Gasteiger partial charge is 0.220 e. The van der Waals surface area contributed by atoms with Gasteiger partial charge in [-0.15, -0.1) is 0 Å². The van der Waals surface area contributed by atoms with Gasteiger partial charge >= 0.3 is 0 Å². The summed E-state index contributed by atoms with van der Waals surface area (Å²) in [6.45, 7) is 0.945. The molecule has 0 saturated heterocycles. The Bertz CT molecular complexity index is 394. The highest BCUT2D eigenvalue weighted by Gasteiger charge is 2.26. The molecule has 2 rings (SSSR count). The van der Waals surface area contributed by atoms with E-state index in [0.29, 0.717) is 31.2 Å². The first-order valence-corrected chi connectivity index (χ1v) is 7.07. The van der Waals surface area contributed by atoms with Crippen molar-refractivity contribution in [2.75, 3.05) is 13.2 Å². The second-order valence-electron chi connectivity index (χ2n) is 5.26. The van der Waals surface area contributed by atoms with Gasteiger partial charge in [-0.3, -0.25) is 9.78 Å². The van der Waals surface area contributed by atoms with E-state index >= 15 is 0 Å².